The van der Waals surface area contributed by atoms with E-state index in [9.17, 15) is 32.5 Å². The normalized spacial score (nSPS) is 10.8. The molecule has 2 aromatic carbocycles. The van der Waals surface area contributed by atoms with Gasteiger partial charge in [-0.05, 0) is 13.0 Å². The number of aromatic nitrogens is 2. The predicted octanol–water partition coefficient (Wildman–Crippen LogP) is 3.96. The van der Waals surface area contributed by atoms with Crippen LogP contribution in [0.2, 0.25) is 0 Å². The quantitative estimate of drug-likeness (QED) is 0.300. The molecule has 29 heavy (non-hydrogen) atoms. The van der Waals surface area contributed by atoms with Crippen molar-refractivity contribution in [1.82, 2.24) is 9.78 Å². The lowest BCUT2D eigenvalue weighted by Crippen LogP contribution is -2.15. The van der Waals surface area contributed by atoms with Crippen LogP contribution in [0, 0.1) is 40.3 Å². The van der Waals surface area contributed by atoms with E-state index in [2.05, 4.69) is 10.4 Å². The molecule has 1 N–H and O–H groups in total. The van der Waals surface area contributed by atoms with Crippen LogP contribution in [0.5, 0.6) is 0 Å². The van der Waals surface area contributed by atoms with Gasteiger partial charge in [-0.3, -0.25) is 19.6 Å². The number of hydrogen-bond donors (Lipinski definition) is 1. The first-order valence-corrected chi connectivity index (χ1v) is 8.09. The smallest absolute Gasteiger partial charge is 0.273 e. The average molecular weight is 408 g/mol. The summed E-state index contributed by atoms with van der Waals surface area (Å²) in [4.78, 5) is 22.7. The lowest BCUT2D eigenvalue weighted by Gasteiger charge is -2.08. The minimum absolute atomic E-state index is 0.0291. The second-order valence-corrected chi connectivity index (χ2v) is 6.01. The third-order valence-electron chi connectivity index (χ3n) is 4.15. The molecule has 0 aliphatic rings. The van der Waals surface area contributed by atoms with Crippen molar-refractivity contribution in [2.75, 3.05) is 5.32 Å². The van der Waals surface area contributed by atoms with Crippen LogP contribution >= 0.6 is 0 Å². The van der Waals surface area contributed by atoms with Gasteiger partial charge in [0.1, 0.15) is 0 Å². The largest absolute Gasteiger partial charge is 0.305 e. The van der Waals surface area contributed by atoms with Crippen LogP contribution in [0.1, 0.15) is 21.5 Å². The maximum absolute atomic E-state index is 13.8. The molecule has 0 fully saturated rings. The Morgan fingerprint density at radius 1 is 1.17 bits per heavy atom. The number of carbonyl (C=O) groups is 1. The van der Waals surface area contributed by atoms with Crippen LogP contribution < -0.4 is 5.32 Å². The number of nitro groups is 1. The number of halogens is 4. The van der Waals surface area contributed by atoms with E-state index in [1.807, 2.05) is 0 Å². The molecule has 1 amide bonds. The summed E-state index contributed by atoms with van der Waals surface area (Å²) in [6.07, 6.45) is 1.23. The van der Waals surface area contributed by atoms with E-state index in [-0.39, 0.29) is 28.7 Å². The minimum Gasteiger partial charge on any atom is -0.305 e. The lowest BCUT2D eigenvalue weighted by atomic mass is 10.1. The zero-order chi connectivity index (χ0) is 21.3. The number of rotatable bonds is 5. The number of nitro benzene ring substituents is 1. The van der Waals surface area contributed by atoms with Gasteiger partial charge in [-0.2, -0.15) is 5.10 Å². The van der Waals surface area contributed by atoms with Crippen molar-refractivity contribution in [3.05, 3.63) is 86.6 Å². The molecule has 0 atom stereocenters. The highest BCUT2D eigenvalue weighted by atomic mass is 19.2. The van der Waals surface area contributed by atoms with E-state index in [0.29, 0.717) is 0 Å². The number of nitrogens with one attached hydrogen (secondary N) is 1. The van der Waals surface area contributed by atoms with Crippen LogP contribution in [-0.2, 0) is 6.54 Å². The fraction of sp³-hybridized carbons (Fsp3) is 0.111. The molecule has 1 heterocycles. The van der Waals surface area contributed by atoms with E-state index in [4.69, 9.17) is 0 Å². The number of carbonyl (C=O) groups excluding carboxylic acids is 1. The number of nitrogens with zero attached hydrogens (tertiary/aromatic N) is 3. The van der Waals surface area contributed by atoms with Gasteiger partial charge in [-0.25, -0.2) is 17.6 Å². The highest BCUT2D eigenvalue weighted by Gasteiger charge is 2.21. The molecular formula is C18H12F4N4O3. The van der Waals surface area contributed by atoms with E-state index in [1.165, 1.54) is 37.4 Å². The average Bonchev–Trinajstić information content (AvgIpc) is 3.10. The van der Waals surface area contributed by atoms with Gasteiger partial charge in [0.05, 0.1) is 17.0 Å². The van der Waals surface area contributed by atoms with Crippen LogP contribution in [0.25, 0.3) is 0 Å². The first kappa shape index (κ1) is 20.0. The zero-order valence-electron chi connectivity index (χ0n) is 14.7. The molecule has 3 rings (SSSR count). The van der Waals surface area contributed by atoms with E-state index in [0.717, 1.165) is 4.68 Å². The number of amides is 1. The van der Waals surface area contributed by atoms with Crippen molar-refractivity contribution in [3.63, 3.8) is 0 Å². The standard InChI is InChI=1S/C18H12F4N4O3/c1-9-10(3-2-4-14(9)26(28)29)18(27)23-15-5-6-25(24-15)8-11-16(21)12(19)7-13(20)17(11)22/h2-7H,8H2,1H3,(H,23,24,27). The zero-order valence-corrected chi connectivity index (χ0v) is 14.7. The van der Waals surface area contributed by atoms with Crippen LogP contribution in [0.3, 0.4) is 0 Å². The molecule has 1 aromatic heterocycles. The van der Waals surface area contributed by atoms with Crippen molar-refractivity contribution in [2.24, 2.45) is 0 Å². The fourth-order valence-corrected chi connectivity index (χ4v) is 2.69. The molecule has 0 bridgehead atoms. The van der Waals surface area contributed by atoms with Gasteiger partial charge in [0.25, 0.3) is 11.6 Å². The third-order valence-corrected chi connectivity index (χ3v) is 4.15. The Bertz CT molecular complexity index is 1100. The SMILES string of the molecule is Cc1c(C(=O)Nc2ccn(Cc3c(F)c(F)cc(F)c3F)n2)cccc1[N+](=O)[O-]. The van der Waals surface area contributed by atoms with Gasteiger partial charge in [-0.1, -0.05) is 6.07 Å². The van der Waals surface area contributed by atoms with Crippen LogP contribution in [-0.4, -0.2) is 20.6 Å². The van der Waals surface area contributed by atoms with Crippen molar-refractivity contribution in [3.8, 4) is 0 Å². The molecule has 7 nitrogen and oxygen atoms in total. The molecule has 0 saturated carbocycles. The summed E-state index contributed by atoms with van der Waals surface area (Å²) < 4.78 is 55.1. The Balaban J connectivity index is 1.81. The summed E-state index contributed by atoms with van der Waals surface area (Å²) in [5.41, 5.74) is -0.910. The van der Waals surface area contributed by atoms with E-state index >= 15 is 0 Å². The Labute approximate surface area is 160 Å². The summed E-state index contributed by atoms with van der Waals surface area (Å²) in [7, 11) is 0. The number of benzene rings is 2. The van der Waals surface area contributed by atoms with E-state index < -0.39 is 46.2 Å². The van der Waals surface area contributed by atoms with Gasteiger partial charge in [0.2, 0.25) is 0 Å². The second-order valence-electron chi connectivity index (χ2n) is 6.01. The molecule has 0 aliphatic heterocycles. The van der Waals surface area contributed by atoms with Gasteiger partial charge >= 0.3 is 0 Å². The maximum atomic E-state index is 13.8. The Hall–Kier alpha value is -3.76. The topological polar surface area (TPSA) is 90.1 Å². The molecule has 0 spiro atoms. The molecule has 0 aliphatic carbocycles. The first-order chi connectivity index (χ1) is 13.7. The minimum atomic E-state index is -1.54. The summed E-state index contributed by atoms with van der Waals surface area (Å²) in [5, 5.41) is 17.2. The summed E-state index contributed by atoms with van der Waals surface area (Å²) >= 11 is 0. The van der Waals surface area contributed by atoms with Gasteiger partial charge < -0.3 is 5.32 Å². The third kappa shape index (κ3) is 3.93. The molecule has 150 valence electrons. The molecule has 3 aromatic rings. The van der Waals surface area contributed by atoms with Crippen LogP contribution in [0.15, 0.2) is 36.5 Å². The molecule has 11 heteroatoms. The molecule has 0 radical (unpaired) electrons. The highest BCUT2D eigenvalue weighted by molar-refractivity contribution is 6.05. The molecule has 0 saturated heterocycles. The van der Waals surface area contributed by atoms with Crippen LogP contribution in [0.4, 0.5) is 29.1 Å². The lowest BCUT2D eigenvalue weighted by molar-refractivity contribution is -0.385. The fourth-order valence-electron chi connectivity index (χ4n) is 2.69. The summed E-state index contributed by atoms with van der Waals surface area (Å²) in [6.45, 7) is 0.785. The summed E-state index contributed by atoms with van der Waals surface area (Å²) in [6, 6.07) is 5.38. The number of hydrogen-bond acceptors (Lipinski definition) is 4. The van der Waals surface area contributed by atoms with Crippen molar-refractivity contribution < 1.29 is 27.3 Å². The monoisotopic (exact) mass is 408 g/mol. The highest BCUT2D eigenvalue weighted by Crippen LogP contribution is 2.23. The Morgan fingerprint density at radius 2 is 1.83 bits per heavy atom. The van der Waals surface area contributed by atoms with Crippen molar-refractivity contribution in [1.29, 1.82) is 0 Å². The first-order valence-electron chi connectivity index (χ1n) is 8.09. The molecule has 0 unspecified atom stereocenters. The maximum Gasteiger partial charge on any atom is 0.273 e. The molecular weight excluding hydrogens is 396 g/mol. The van der Waals surface area contributed by atoms with Gasteiger partial charge in [0.15, 0.2) is 29.1 Å². The van der Waals surface area contributed by atoms with Crippen molar-refractivity contribution in [2.45, 2.75) is 13.5 Å². The second kappa shape index (κ2) is 7.70. The van der Waals surface area contributed by atoms with Gasteiger partial charge in [0, 0.05) is 35.5 Å². The van der Waals surface area contributed by atoms with Crippen molar-refractivity contribution >= 4 is 17.4 Å². The number of anilines is 1. The Morgan fingerprint density at radius 3 is 2.45 bits per heavy atom. The Kier molecular flexibility index (Phi) is 5.31. The van der Waals surface area contributed by atoms with Gasteiger partial charge in [-0.15, -0.1) is 0 Å². The predicted molar refractivity (Wildman–Crippen MR) is 93.4 cm³/mol. The summed E-state index contributed by atoms with van der Waals surface area (Å²) in [5.74, 6) is -6.89. The van der Waals surface area contributed by atoms with E-state index in [1.54, 1.807) is 0 Å².